The Kier molecular flexibility index (Phi) is 4.97. The second kappa shape index (κ2) is 7.55. The number of rotatable bonds is 5. The molecule has 1 aliphatic heterocycles. The molecular weight excluding hydrogens is 364 g/mol. The van der Waals surface area contributed by atoms with Crippen LogP contribution in [0, 0.1) is 0 Å². The molecule has 0 radical (unpaired) electrons. The van der Waals surface area contributed by atoms with Crippen LogP contribution >= 0.6 is 11.3 Å². The molecule has 0 spiro atoms. The fourth-order valence-electron chi connectivity index (χ4n) is 3.12. The molecule has 4 heterocycles. The summed E-state index contributed by atoms with van der Waals surface area (Å²) in [5, 5.41) is 13.8. The zero-order valence-corrected chi connectivity index (χ0v) is 16.3. The molecule has 0 N–H and O–H groups in total. The second-order valence-corrected chi connectivity index (χ2v) is 7.86. The van der Waals surface area contributed by atoms with Gasteiger partial charge in [-0.15, -0.1) is 10.2 Å². The Morgan fingerprint density at radius 1 is 1.15 bits per heavy atom. The van der Waals surface area contributed by atoms with Crippen LogP contribution in [-0.2, 0) is 11.2 Å². The van der Waals surface area contributed by atoms with Gasteiger partial charge in [0.25, 0.3) is 0 Å². The summed E-state index contributed by atoms with van der Waals surface area (Å²) in [4.78, 5) is 25.9. The van der Waals surface area contributed by atoms with Crippen LogP contribution in [0.4, 0.5) is 5.95 Å². The summed E-state index contributed by atoms with van der Waals surface area (Å²) in [5.74, 6) is 2.02. The van der Waals surface area contributed by atoms with Crippen molar-refractivity contribution in [3.8, 4) is 0 Å². The molecule has 0 saturated carbocycles. The average molecular weight is 386 g/mol. The molecular formula is C17H22N8OS. The van der Waals surface area contributed by atoms with Gasteiger partial charge in [0.05, 0.1) is 0 Å². The minimum Gasteiger partial charge on any atom is -0.339 e. The van der Waals surface area contributed by atoms with Crippen molar-refractivity contribution in [1.29, 1.82) is 0 Å². The van der Waals surface area contributed by atoms with E-state index in [9.17, 15) is 4.79 Å². The van der Waals surface area contributed by atoms with E-state index < -0.39 is 0 Å². The van der Waals surface area contributed by atoms with Crippen LogP contribution in [0.5, 0.6) is 0 Å². The lowest BCUT2D eigenvalue weighted by atomic mass is 10.2. The lowest BCUT2D eigenvalue weighted by Crippen LogP contribution is -2.49. The number of fused-ring (bicyclic) bond motifs is 1. The average Bonchev–Trinajstić information content (AvgIpc) is 3.27. The molecule has 0 unspecified atom stereocenters. The van der Waals surface area contributed by atoms with Crippen LogP contribution in [-0.4, -0.2) is 66.8 Å². The lowest BCUT2D eigenvalue weighted by Gasteiger charge is -2.34. The van der Waals surface area contributed by atoms with Gasteiger partial charge in [-0.2, -0.15) is 9.61 Å². The second-order valence-electron chi connectivity index (χ2n) is 6.82. The highest BCUT2D eigenvalue weighted by Gasteiger charge is 2.23. The highest BCUT2D eigenvalue weighted by atomic mass is 32.1. The van der Waals surface area contributed by atoms with Gasteiger partial charge in [-0.25, -0.2) is 9.97 Å². The molecule has 10 heteroatoms. The van der Waals surface area contributed by atoms with Crippen LogP contribution in [0.3, 0.4) is 0 Å². The van der Waals surface area contributed by atoms with E-state index in [1.807, 2.05) is 4.90 Å². The van der Waals surface area contributed by atoms with Crippen LogP contribution in [0.2, 0.25) is 0 Å². The summed E-state index contributed by atoms with van der Waals surface area (Å²) < 4.78 is 1.80. The Bertz CT molecular complexity index is 914. The van der Waals surface area contributed by atoms with Gasteiger partial charge in [-0.05, 0) is 6.07 Å². The van der Waals surface area contributed by atoms with E-state index in [0.29, 0.717) is 25.9 Å². The smallest absolute Gasteiger partial charge is 0.234 e. The topological polar surface area (TPSA) is 92.4 Å². The third-order valence-corrected chi connectivity index (χ3v) is 5.55. The van der Waals surface area contributed by atoms with Gasteiger partial charge in [0.1, 0.15) is 5.01 Å². The summed E-state index contributed by atoms with van der Waals surface area (Å²) >= 11 is 1.50. The van der Waals surface area contributed by atoms with E-state index >= 15 is 0 Å². The number of carbonyl (C=O) groups is 1. The number of carbonyl (C=O) groups excluding carboxylic acids is 1. The number of nitrogens with zero attached hydrogens (tertiary/aromatic N) is 8. The molecule has 4 rings (SSSR count). The van der Waals surface area contributed by atoms with Crippen LogP contribution in [0.15, 0.2) is 18.5 Å². The van der Waals surface area contributed by atoms with Crippen molar-refractivity contribution in [2.45, 2.75) is 32.6 Å². The van der Waals surface area contributed by atoms with Gasteiger partial charge in [0.2, 0.25) is 16.8 Å². The molecule has 27 heavy (non-hydrogen) atoms. The number of piperazine rings is 1. The molecule has 3 aromatic heterocycles. The number of hydrogen-bond donors (Lipinski definition) is 0. The molecule has 0 aliphatic carbocycles. The molecule has 9 nitrogen and oxygen atoms in total. The maximum Gasteiger partial charge on any atom is 0.234 e. The lowest BCUT2D eigenvalue weighted by molar-refractivity contribution is -0.131. The van der Waals surface area contributed by atoms with Crippen molar-refractivity contribution in [2.75, 3.05) is 31.1 Å². The van der Waals surface area contributed by atoms with E-state index in [4.69, 9.17) is 0 Å². The molecule has 1 aliphatic rings. The normalized spacial score (nSPS) is 15.1. The van der Waals surface area contributed by atoms with Gasteiger partial charge >= 0.3 is 0 Å². The minimum absolute atomic E-state index is 0.165. The SMILES string of the molecule is CC(C)c1nnc2sc(CCC(=O)N3CCN(c4ncccn4)CC3)nn12. The van der Waals surface area contributed by atoms with Crippen molar-refractivity contribution in [3.05, 3.63) is 29.3 Å². The standard InChI is InChI=1S/C17H22N8OS/c1-12(2)15-20-21-17-25(15)22-13(27-17)4-5-14(26)23-8-10-24(11-9-23)16-18-6-3-7-19-16/h3,6-7,12H,4-5,8-11H2,1-2H3. The Morgan fingerprint density at radius 2 is 1.89 bits per heavy atom. The summed E-state index contributed by atoms with van der Waals surface area (Å²) in [6, 6.07) is 1.80. The molecule has 0 atom stereocenters. The zero-order valence-electron chi connectivity index (χ0n) is 15.4. The quantitative estimate of drug-likeness (QED) is 0.654. The first-order valence-electron chi connectivity index (χ1n) is 9.12. The van der Waals surface area contributed by atoms with Gasteiger partial charge in [-0.3, -0.25) is 4.79 Å². The Balaban J connectivity index is 1.31. The predicted molar refractivity (Wildman–Crippen MR) is 102 cm³/mol. The fraction of sp³-hybridized carbons (Fsp3) is 0.529. The van der Waals surface area contributed by atoms with Crippen LogP contribution in [0.25, 0.3) is 4.96 Å². The molecule has 1 fully saturated rings. The van der Waals surface area contributed by atoms with Crippen molar-refractivity contribution >= 4 is 28.2 Å². The molecule has 3 aromatic rings. The largest absolute Gasteiger partial charge is 0.339 e. The Labute approximate surface area is 161 Å². The van der Waals surface area contributed by atoms with E-state index in [0.717, 1.165) is 34.8 Å². The number of hydrogen-bond acceptors (Lipinski definition) is 8. The first-order valence-corrected chi connectivity index (χ1v) is 9.94. The third-order valence-electron chi connectivity index (χ3n) is 4.59. The highest BCUT2D eigenvalue weighted by molar-refractivity contribution is 7.16. The third kappa shape index (κ3) is 3.75. The van der Waals surface area contributed by atoms with Crippen molar-refractivity contribution in [1.82, 2.24) is 34.7 Å². The number of amides is 1. The summed E-state index contributed by atoms with van der Waals surface area (Å²) in [6.07, 6.45) is 4.57. The van der Waals surface area contributed by atoms with Crippen molar-refractivity contribution in [3.63, 3.8) is 0 Å². The van der Waals surface area contributed by atoms with Crippen molar-refractivity contribution in [2.24, 2.45) is 0 Å². The number of aromatic nitrogens is 6. The Morgan fingerprint density at radius 3 is 2.59 bits per heavy atom. The summed E-state index contributed by atoms with van der Waals surface area (Å²) in [5.41, 5.74) is 0. The highest BCUT2D eigenvalue weighted by Crippen LogP contribution is 2.20. The summed E-state index contributed by atoms with van der Waals surface area (Å²) in [6.45, 7) is 7.03. The van der Waals surface area contributed by atoms with E-state index in [-0.39, 0.29) is 11.8 Å². The minimum atomic E-state index is 0.165. The van der Waals surface area contributed by atoms with Gasteiger partial charge in [0, 0.05) is 57.3 Å². The van der Waals surface area contributed by atoms with E-state index in [1.54, 1.807) is 23.0 Å². The maximum atomic E-state index is 12.6. The fourth-order valence-corrected chi connectivity index (χ4v) is 3.95. The van der Waals surface area contributed by atoms with Crippen LogP contribution < -0.4 is 4.90 Å². The zero-order chi connectivity index (χ0) is 18.8. The van der Waals surface area contributed by atoms with Gasteiger partial charge < -0.3 is 9.80 Å². The van der Waals surface area contributed by atoms with Gasteiger partial charge in [0.15, 0.2) is 5.82 Å². The maximum absolute atomic E-state index is 12.6. The Hall–Kier alpha value is -2.62. The monoisotopic (exact) mass is 386 g/mol. The summed E-state index contributed by atoms with van der Waals surface area (Å²) in [7, 11) is 0. The van der Waals surface area contributed by atoms with Gasteiger partial charge in [-0.1, -0.05) is 25.2 Å². The first kappa shape index (κ1) is 17.8. The van der Waals surface area contributed by atoms with E-state index in [2.05, 4.69) is 44.0 Å². The predicted octanol–water partition coefficient (Wildman–Crippen LogP) is 1.38. The number of anilines is 1. The number of aryl methyl sites for hydroxylation is 1. The van der Waals surface area contributed by atoms with Crippen molar-refractivity contribution < 1.29 is 4.79 Å². The van der Waals surface area contributed by atoms with E-state index in [1.165, 1.54) is 11.3 Å². The molecule has 1 saturated heterocycles. The molecule has 142 valence electrons. The van der Waals surface area contributed by atoms with Crippen LogP contribution in [0.1, 0.15) is 37.0 Å². The molecule has 1 amide bonds. The first-order chi connectivity index (χ1) is 13.1. The molecule has 0 bridgehead atoms. The molecule has 0 aromatic carbocycles.